The van der Waals surface area contributed by atoms with Gasteiger partial charge in [-0.15, -0.1) is 0 Å². The molecule has 0 amide bonds. The first kappa shape index (κ1) is 29.2. The van der Waals surface area contributed by atoms with E-state index < -0.39 is 17.9 Å². The van der Waals surface area contributed by atoms with Crippen LogP contribution in [0.25, 0.3) is 0 Å². The number of hydrogen-bond donors (Lipinski definition) is 5. The van der Waals surface area contributed by atoms with Gasteiger partial charge in [-0.25, -0.2) is 0 Å². The van der Waals surface area contributed by atoms with Crippen molar-refractivity contribution >= 4 is 60.8 Å². The van der Waals surface area contributed by atoms with Crippen LogP contribution in [0.5, 0.6) is 0 Å². The Morgan fingerprint density at radius 1 is 0.923 bits per heavy atom. The maximum absolute atomic E-state index is 9.94. The summed E-state index contributed by atoms with van der Waals surface area (Å²) in [5.74, 6) is -2.65. The van der Waals surface area contributed by atoms with E-state index in [1.54, 1.807) is 7.05 Å². The zero-order valence-corrected chi connectivity index (χ0v) is 15.2. The standard InChI is InChI=1S/C4H9BN2O2.C4H6BNO3.C3H6BNO2S/c1-6-3-7(5)2-4(8)9;5-6(1-2-7)3-4(8)9;4-5(2-8)1-3(6)7/h6H,2-3H2,1H3,(H,8,9);2H,1,3H2,(H,8,9);8H,1-2H2,(H,6,7). The summed E-state index contributed by atoms with van der Waals surface area (Å²) in [7, 11) is 16.9. The summed E-state index contributed by atoms with van der Waals surface area (Å²) in [6, 6.07) is 0. The zero-order valence-electron chi connectivity index (χ0n) is 14.3. The Labute approximate surface area is 161 Å². The Kier molecular flexibility index (Phi) is 22.2. The van der Waals surface area contributed by atoms with Crippen LogP contribution in [0.1, 0.15) is 0 Å². The topological polar surface area (TPSA) is 151 Å². The maximum atomic E-state index is 9.94. The highest BCUT2D eigenvalue weighted by Crippen LogP contribution is 1.81. The van der Waals surface area contributed by atoms with Crippen LogP contribution in [0, 0.1) is 0 Å². The van der Waals surface area contributed by atoms with E-state index in [9.17, 15) is 19.2 Å². The van der Waals surface area contributed by atoms with Crippen molar-refractivity contribution in [1.82, 2.24) is 19.7 Å². The van der Waals surface area contributed by atoms with Gasteiger partial charge in [-0.3, -0.25) is 14.4 Å². The number of thiol groups is 1. The molecule has 0 unspecified atom stereocenters. The summed E-state index contributed by atoms with van der Waals surface area (Å²) < 4.78 is 0. The van der Waals surface area contributed by atoms with E-state index in [1.165, 1.54) is 4.81 Å². The van der Waals surface area contributed by atoms with E-state index >= 15 is 0 Å². The van der Waals surface area contributed by atoms with Gasteiger partial charge in [-0.1, -0.05) is 0 Å². The second kappa shape index (κ2) is 19.8. The van der Waals surface area contributed by atoms with Crippen molar-refractivity contribution in [3.63, 3.8) is 0 Å². The van der Waals surface area contributed by atoms with Crippen molar-refractivity contribution in [3.05, 3.63) is 0 Å². The fourth-order valence-corrected chi connectivity index (χ4v) is 1.09. The number of aliphatic carboxylic acids is 3. The molecule has 142 valence electrons. The van der Waals surface area contributed by atoms with Crippen molar-refractivity contribution in [2.45, 2.75) is 0 Å². The van der Waals surface area contributed by atoms with E-state index in [4.69, 9.17) is 39.3 Å². The van der Waals surface area contributed by atoms with Crippen LogP contribution in [-0.2, 0) is 19.2 Å². The van der Waals surface area contributed by atoms with E-state index in [0.29, 0.717) is 13.0 Å². The van der Waals surface area contributed by atoms with Crippen LogP contribution in [0.2, 0.25) is 0 Å². The van der Waals surface area contributed by atoms with Gasteiger partial charge < -0.3 is 39.9 Å². The first-order valence-electron chi connectivity index (χ1n) is 6.83. The average molecular weight is 386 g/mol. The van der Waals surface area contributed by atoms with Gasteiger partial charge in [0.25, 0.3) is 0 Å². The molecule has 0 aliphatic heterocycles. The molecule has 0 atom stereocenters. The molecule has 0 aromatic carbocycles. The number of rotatable bonds is 11. The molecule has 26 heavy (non-hydrogen) atoms. The van der Waals surface area contributed by atoms with Gasteiger partial charge in [0.1, 0.15) is 6.29 Å². The highest BCUT2D eigenvalue weighted by atomic mass is 32.1. The number of carbonyl (C=O) groups is 4. The number of aldehydes is 1. The van der Waals surface area contributed by atoms with Crippen LogP contribution in [0.4, 0.5) is 0 Å². The molecule has 0 aromatic heterocycles. The summed E-state index contributed by atoms with van der Waals surface area (Å²) in [5, 5.41) is 27.0. The Morgan fingerprint density at radius 3 is 1.58 bits per heavy atom. The van der Waals surface area contributed by atoms with Gasteiger partial charge in [-0.2, -0.15) is 12.6 Å². The highest BCUT2D eigenvalue weighted by Gasteiger charge is 2.01. The zero-order chi connectivity index (χ0) is 21.1. The number of nitrogens with one attached hydrogen (secondary N) is 1. The lowest BCUT2D eigenvalue weighted by molar-refractivity contribution is -0.138. The predicted molar refractivity (Wildman–Crippen MR) is 99.0 cm³/mol. The number of carboxylic acid groups (broad SMARTS) is 3. The molecule has 0 spiro atoms. The molecule has 0 bridgehead atoms. The van der Waals surface area contributed by atoms with E-state index in [0.717, 1.165) is 9.62 Å². The molecule has 0 aliphatic carbocycles. The number of carboxylic acids is 3. The van der Waals surface area contributed by atoms with Crippen molar-refractivity contribution in [2.24, 2.45) is 0 Å². The molecule has 0 heterocycles. The van der Waals surface area contributed by atoms with Crippen LogP contribution >= 0.6 is 12.6 Å². The summed E-state index contributed by atoms with van der Waals surface area (Å²) in [6.07, 6.45) is 0.545. The monoisotopic (exact) mass is 386 g/mol. The minimum Gasteiger partial charge on any atom is -0.480 e. The minimum atomic E-state index is -1.04. The Hall–Kier alpha value is -1.54. The van der Waals surface area contributed by atoms with Crippen molar-refractivity contribution < 1.29 is 34.5 Å². The van der Waals surface area contributed by atoms with Gasteiger partial charge in [0.05, 0.1) is 19.6 Å². The molecule has 0 aromatic rings. The van der Waals surface area contributed by atoms with Crippen LogP contribution in [-0.4, -0.2) is 124 Å². The Balaban J connectivity index is -0.000000306. The molecule has 4 N–H and O–H groups in total. The number of hydrogen-bond acceptors (Lipinski definition) is 9. The SMILES string of the molecule is [B]N(CC=O)CC(=O)O.[B]N(CNC)CC(=O)O.[B]N(CS)CC(=O)O. The summed E-state index contributed by atoms with van der Waals surface area (Å²) >= 11 is 3.73. The molecule has 0 saturated heterocycles. The average Bonchev–Trinajstić information content (AvgIpc) is 2.46. The molecule has 15 heteroatoms. The lowest BCUT2D eigenvalue weighted by Crippen LogP contribution is -2.34. The van der Waals surface area contributed by atoms with Crippen molar-refractivity contribution in [3.8, 4) is 0 Å². The molecular weight excluding hydrogens is 365 g/mol. The van der Waals surface area contributed by atoms with Gasteiger partial charge in [-0.05, 0) is 7.05 Å². The minimum absolute atomic E-state index is 0.0493. The fraction of sp³-hybridized carbons (Fsp3) is 0.636. The third-order valence-corrected chi connectivity index (χ3v) is 2.23. The van der Waals surface area contributed by atoms with Crippen LogP contribution < -0.4 is 5.32 Å². The molecule has 11 nitrogen and oxygen atoms in total. The van der Waals surface area contributed by atoms with Gasteiger partial charge >= 0.3 is 17.9 Å². The number of carbonyl (C=O) groups excluding carboxylic acids is 1. The van der Waals surface area contributed by atoms with Crippen LogP contribution in [0.15, 0.2) is 0 Å². The lowest BCUT2D eigenvalue weighted by atomic mass is 10.3. The summed E-state index contributed by atoms with van der Waals surface area (Å²) in [5.41, 5.74) is 0. The van der Waals surface area contributed by atoms with E-state index in [2.05, 4.69) is 17.9 Å². The van der Waals surface area contributed by atoms with Crippen molar-refractivity contribution in [1.29, 1.82) is 0 Å². The molecule has 0 aliphatic rings. The van der Waals surface area contributed by atoms with E-state index in [-0.39, 0.29) is 32.1 Å². The van der Waals surface area contributed by atoms with Gasteiger partial charge in [0.15, 0.2) is 23.9 Å². The summed E-state index contributed by atoms with van der Waals surface area (Å²) in [4.78, 5) is 42.4. The lowest BCUT2D eigenvalue weighted by Gasteiger charge is -2.12. The Bertz CT molecular complexity index is 423. The third kappa shape index (κ3) is 30.4. The van der Waals surface area contributed by atoms with E-state index in [1.807, 2.05) is 0 Å². The smallest absolute Gasteiger partial charge is 0.316 e. The second-order valence-electron chi connectivity index (χ2n) is 4.42. The van der Waals surface area contributed by atoms with Crippen molar-refractivity contribution in [2.75, 3.05) is 45.8 Å². The fourth-order valence-electron chi connectivity index (χ4n) is 0.990. The molecule has 0 fully saturated rings. The molecule has 6 radical (unpaired) electrons. The second-order valence-corrected chi connectivity index (χ2v) is 4.71. The van der Waals surface area contributed by atoms with Gasteiger partial charge in [0.2, 0.25) is 0 Å². The van der Waals surface area contributed by atoms with Crippen LogP contribution in [0.3, 0.4) is 0 Å². The highest BCUT2D eigenvalue weighted by molar-refractivity contribution is 7.80. The van der Waals surface area contributed by atoms with Gasteiger partial charge in [0, 0.05) is 19.1 Å². The number of nitrogens with zero attached hydrogens (tertiary/aromatic N) is 3. The third-order valence-electron chi connectivity index (χ3n) is 1.87. The quantitative estimate of drug-likeness (QED) is 0.105. The summed E-state index contributed by atoms with van der Waals surface area (Å²) in [6.45, 7) is -0.276. The first-order chi connectivity index (χ1) is 12.0. The Morgan fingerprint density at radius 2 is 1.31 bits per heavy atom. The molecule has 0 saturated carbocycles. The first-order valence-corrected chi connectivity index (χ1v) is 7.46. The molecule has 0 rings (SSSR count). The largest absolute Gasteiger partial charge is 0.480 e. The normalized spacial score (nSPS) is 9.73. The maximum Gasteiger partial charge on any atom is 0.316 e. The molecular formula is C11H21B3N4O7S. The predicted octanol–water partition coefficient (Wildman–Crippen LogP) is -3.37.